The summed E-state index contributed by atoms with van der Waals surface area (Å²) >= 11 is 0. The summed E-state index contributed by atoms with van der Waals surface area (Å²) in [5.74, 6) is -2.17. The number of esters is 1. The molecule has 4 rings (SSSR count). The van der Waals surface area contributed by atoms with E-state index in [2.05, 4.69) is 46.5 Å². The van der Waals surface area contributed by atoms with Gasteiger partial charge in [-0.05, 0) is 64.3 Å². The second-order valence-electron chi connectivity index (χ2n) is 18.9. The molecule has 0 aliphatic heterocycles. The van der Waals surface area contributed by atoms with Crippen LogP contribution in [-0.2, 0) is 96.1 Å². The van der Waals surface area contributed by atoms with E-state index in [1.165, 1.54) is 18.7 Å². The van der Waals surface area contributed by atoms with Gasteiger partial charge in [0.1, 0.15) is 37.8 Å². The van der Waals surface area contributed by atoms with E-state index in [4.69, 9.17) is 57.5 Å². The summed E-state index contributed by atoms with van der Waals surface area (Å²) in [6, 6.07) is 6.00. The van der Waals surface area contributed by atoms with E-state index < -0.39 is 51.5 Å². The van der Waals surface area contributed by atoms with Gasteiger partial charge in [0.25, 0.3) is 5.91 Å². The molecule has 6 N–H and O–H groups in total. The Balaban J connectivity index is 0.853. The van der Waals surface area contributed by atoms with Crippen LogP contribution in [0.5, 0.6) is 0 Å². The zero-order chi connectivity index (χ0) is 59.3. The monoisotopic (exact) mass is 1180 g/mol. The van der Waals surface area contributed by atoms with Gasteiger partial charge in [-0.2, -0.15) is 0 Å². The Labute approximate surface area is 476 Å². The Hall–Kier alpha value is -6.45. The van der Waals surface area contributed by atoms with Crippen molar-refractivity contribution < 1.29 is 84.2 Å². The number of carbonyl (C=O) groups is 5. The fourth-order valence-electron chi connectivity index (χ4n) is 6.55. The molecule has 29 nitrogen and oxygen atoms in total. The molecule has 0 radical (unpaired) electrons. The SMILES string of the molecule is CC(C)(C)C(=O)OCc1ccc(NC(=O)[C@H](CCCCN)NC(=O)COCC(=O)NCCOCCOCCOCCOCCOCCOCCOCCOCCn2cc(CNC(=O)c3coc(-c4cnc(S(C)(=O)=O)nc4)n3)nn2)cc1. The first kappa shape index (κ1) is 68.1. The van der Waals surface area contributed by atoms with Crippen molar-refractivity contribution in [2.45, 2.75) is 70.9 Å². The van der Waals surface area contributed by atoms with Gasteiger partial charge in [0.15, 0.2) is 5.69 Å². The normalized spacial score (nSPS) is 12.0. The Morgan fingerprint density at radius 2 is 1.26 bits per heavy atom. The Morgan fingerprint density at radius 1 is 0.707 bits per heavy atom. The average Bonchev–Trinajstić information content (AvgIpc) is 4.33. The molecule has 0 saturated carbocycles. The molecular weight excluding hydrogens is 1100 g/mol. The van der Waals surface area contributed by atoms with Crippen molar-refractivity contribution in [2.24, 2.45) is 11.1 Å². The Kier molecular flexibility index (Phi) is 32.5. The van der Waals surface area contributed by atoms with E-state index in [1.54, 1.807) is 55.9 Å². The molecule has 30 heteroatoms. The standard InChI is InChI=1S/C52H79N11O18S/c1-52(2,3)50(68)81-35-39-8-10-41(11-9-39)58-48(67)43(7-5-6-12-53)59-46(65)38-79-37-45(64)54-13-15-71-17-19-73-21-23-75-25-27-77-29-30-78-28-26-76-24-22-74-20-18-72-16-14-63-34-42(61-62-63)33-55-47(66)44-36-80-49(60-44)40-31-56-51(57-32-40)82(4,69)70/h8-11,31-32,34,36,43H,5-7,12-30,33,35,37-38,53H2,1-4H3,(H,54,64)(H,55,66)(H,58,67)(H,59,65)/t43-/m0/s1. The zero-order valence-corrected chi connectivity index (χ0v) is 47.9. The molecule has 456 valence electrons. The number of hydrogen-bond acceptors (Lipinski definition) is 24. The molecule has 0 bridgehead atoms. The number of carbonyl (C=O) groups excluding carboxylic acids is 5. The van der Waals surface area contributed by atoms with Crippen LogP contribution in [0.15, 0.2) is 58.7 Å². The van der Waals surface area contributed by atoms with Gasteiger partial charge >= 0.3 is 5.97 Å². The molecule has 4 amide bonds. The number of aromatic nitrogens is 6. The lowest BCUT2D eigenvalue weighted by molar-refractivity contribution is -0.154. The summed E-state index contributed by atoms with van der Waals surface area (Å²) in [5.41, 5.74) is 7.11. The van der Waals surface area contributed by atoms with Gasteiger partial charge in [0.05, 0.1) is 136 Å². The minimum absolute atomic E-state index is 0.00919. The number of nitrogens with one attached hydrogen (secondary N) is 4. The minimum Gasteiger partial charge on any atom is -0.460 e. The molecule has 3 heterocycles. The van der Waals surface area contributed by atoms with Crippen LogP contribution >= 0.6 is 0 Å². The number of anilines is 1. The largest absolute Gasteiger partial charge is 0.460 e. The molecule has 82 heavy (non-hydrogen) atoms. The quantitative estimate of drug-likeness (QED) is 0.0231. The zero-order valence-electron chi connectivity index (χ0n) is 47.1. The van der Waals surface area contributed by atoms with E-state index in [0.29, 0.717) is 148 Å². The van der Waals surface area contributed by atoms with Crippen LogP contribution in [0.4, 0.5) is 5.69 Å². The van der Waals surface area contributed by atoms with Crippen LogP contribution in [0.1, 0.15) is 61.8 Å². The Morgan fingerprint density at radius 3 is 1.80 bits per heavy atom. The minimum atomic E-state index is -3.56. The Bertz CT molecular complexity index is 2580. The summed E-state index contributed by atoms with van der Waals surface area (Å²) in [7, 11) is -3.56. The maximum atomic E-state index is 13.1. The van der Waals surface area contributed by atoms with Crippen LogP contribution in [0, 0.1) is 5.41 Å². The molecule has 1 aromatic carbocycles. The van der Waals surface area contributed by atoms with Gasteiger partial charge < -0.3 is 78.8 Å². The predicted octanol–water partition coefficient (Wildman–Crippen LogP) is 0.664. The first-order valence-electron chi connectivity index (χ1n) is 26.7. The van der Waals surface area contributed by atoms with Gasteiger partial charge in [-0.15, -0.1) is 5.10 Å². The number of nitrogens with two attached hydrogens (primary N) is 1. The topological polar surface area (TPSA) is 368 Å². The van der Waals surface area contributed by atoms with Gasteiger partial charge in [0.2, 0.25) is 38.6 Å². The van der Waals surface area contributed by atoms with Crippen molar-refractivity contribution >= 4 is 45.1 Å². The number of nitrogens with zero attached hydrogens (tertiary/aromatic N) is 6. The molecular formula is C52H79N11O18S. The molecule has 4 aromatic rings. The number of rotatable bonds is 45. The van der Waals surface area contributed by atoms with Crippen LogP contribution < -0.4 is 27.0 Å². The van der Waals surface area contributed by atoms with Crippen LogP contribution in [0.3, 0.4) is 0 Å². The van der Waals surface area contributed by atoms with Crippen molar-refractivity contribution in [3.05, 3.63) is 66.1 Å². The van der Waals surface area contributed by atoms with Crippen LogP contribution in [0.25, 0.3) is 11.5 Å². The number of unbranched alkanes of at least 4 members (excludes halogenated alkanes) is 1. The molecule has 3 aromatic heterocycles. The molecule has 1 atom stereocenters. The fourth-order valence-corrected chi connectivity index (χ4v) is 7.03. The number of hydrogen-bond donors (Lipinski definition) is 5. The number of amides is 4. The molecule has 0 aliphatic rings. The highest BCUT2D eigenvalue weighted by Gasteiger charge is 2.24. The molecule has 0 fully saturated rings. The number of benzene rings is 1. The van der Waals surface area contributed by atoms with Crippen LogP contribution in [-0.4, -0.2) is 212 Å². The summed E-state index contributed by atoms with van der Waals surface area (Å²) in [5, 5.41) is 18.6. The first-order valence-corrected chi connectivity index (χ1v) is 28.6. The highest BCUT2D eigenvalue weighted by atomic mass is 32.2. The third-order valence-electron chi connectivity index (χ3n) is 10.9. The molecule has 0 unspecified atom stereocenters. The van der Waals surface area contributed by atoms with Crippen LogP contribution in [0.2, 0.25) is 0 Å². The molecule has 0 saturated heterocycles. The van der Waals surface area contributed by atoms with Crippen molar-refractivity contribution in [2.75, 3.05) is 144 Å². The van der Waals surface area contributed by atoms with Crippen molar-refractivity contribution in [1.29, 1.82) is 0 Å². The predicted molar refractivity (Wildman–Crippen MR) is 291 cm³/mol. The smallest absolute Gasteiger partial charge is 0.311 e. The lowest BCUT2D eigenvalue weighted by Gasteiger charge is -2.19. The summed E-state index contributed by atoms with van der Waals surface area (Å²) in [6.45, 7) is 12.0. The average molecular weight is 1180 g/mol. The number of sulfone groups is 1. The lowest BCUT2D eigenvalue weighted by atomic mass is 9.97. The fraction of sp³-hybridized carbons (Fsp3) is 0.615. The molecule has 0 aliphatic carbocycles. The first-order chi connectivity index (χ1) is 39.5. The second kappa shape index (κ2) is 39.1. The van der Waals surface area contributed by atoms with E-state index in [-0.39, 0.29) is 55.6 Å². The third-order valence-corrected chi connectivity index (χ3v) is 11.7. The summed E-state index contributed by atoms with van der Waals surface area (Å²) < 4.78 is 84.8. The van der Waals surface area contributed by atoms with Gasteiger partial charge in [-0.1, -0.05) is 17.3 Å². The maximum Gasteiger partial charge on any atom is 0.311 e. The number of oxazole rings is 1. The maximum absolute atomic E-state index is 13.1. The highest BCUT2D eigenvalue weighted by molar-refractivity contribution is 7.90. The van der Waals surface area contributed by atoms with Gasteiger partial charge in [0, 0.05) is 30.9 Å². The van der Waals surface area contributed by atoms with E-state index in [9.17, 15) is 32.4 Å². The van der Waals surface area contributed by atoms with Gasteiger partial charge in [-0.3, -0.25) is 24.0 Å². The van der Waals surface area contributed by atoms with Crippen molar-refractivity contribution in [3.8, 4) is 11.5 Å². The molecule has 0 spiro atoms. The van der Waals surface area contributed by atoms with E-state index in [0.717, 1.165) is 11.8 Å². The van der Waals surface area contributed by atoms with E-state index in [1.807, 2.05) is 0 Å². The highest BCUT2D eigenvalue weighted by Crippen LogP contribution is 2.19. The summed E-state index contributed by atoms with van der Waals surface area (Å²) in [4.78, 5) is 74.3. The van der Waals surface area contributed by atoms with Gasteiger partial charge in [-0.25, -0.2) is 28.1 Å². The third kappa shape index (κ3) is 29.5. The summed E-state index contributed by atoms with van der Waals surface area (Å²) in [6.07, 6.45) is 7.98. The lowest BCUT2D eigenvalue weighted by Crippen LogP contribution is -2.45. The second-order valence-corrected chi connectivity index (χ2v) is 20.8. The van der Waals surface area contributed by atoms with E-state index >= 15 is 0 Å². The number of ether oxygens (including phenoxy) is 10. The van der Waals surface area contributed by atoms with Crippen molar-refractivity contribution in [1.82, 2.24) is 45.9 Å². The van der Waals surface area contributed by atoms with Crippen molar-refractivity contribution in [3.63, 3.8) is 0 Å².